The van der Waals surface area contributed by atoms with Gasteiger partial charge in [-0.1, -0.05) is 29.8 Å². The fourth-order valence-electron chi connectivity index (χ4n) is 6.17. The lowest BCUT2D eigenvalue weighted by Crippen LogP contribution is -2.46. The van der Waals surface area contributed by atoms with Crippen LogP contribution in [-0.4, -0.2) is 75.7 Å². The van der Waals surface area contributed by atoms with E-state index in [0.717, 1.165) is 37.4 Å². The molecule has 45 heavy (non-hydrogen) atoms. The predicted molar refractivity (Wildman–Crippen MR) is 175 cm³/mol. The zero-order valence-corrected chi connectivity index (χ0v) is 26.5. The molecule has 4 aromatic rings. The summed E-state index contributed by atoms with van der Waals surface area (Å²) in [6.45, 7) is 4.77. The van der Waals surface area contributed by atoms with Gasteiger partial charge in [-0.05, 0) is 56.9 Å². The van der Waals surface area contributed by atoms with Crippen LogP contribution in [-0.2, 0) is 11.8 Å². The minimum Gasteiger partial charge on any atom is -0.381 e. The van der Waals surface area contributed by atoms with Crippen molar-refractivity contribution in [2.75, 3.05) is 48.8 Å². The summed E-state index contributed by atoms with van der Waals surface area (Å²) in [5, 5.41) is 3.50. The third-order valence-electron chi connectivity index (χ3n) is 8.87. The van der Waals surface area contributed by atoms with Crippen LogP contribution < -0.4 is 26.4 Å². The van der Waals surface area contributed by atoms with Crippen LogP contribution in [0.1, 0.15) is 41.7 Å². The number of amides is 1. The highest BCUT2D eigenvalue weighted by Gasteiger charge is 2.28. The largest absolute Gasteiger partial charge is 0.381 e. The van der Waals surface area contributed by atoms with E-state index in [4.69, 9.17) is 32.0 Å². The monoisotopic (exact) mass is 631 g/mol. The quantitative estimate of drug-likeness (QED) is 0.314. The van der Waals surface area contributed by atoms with Gasteiger partial charge in [0.1, 0.15) is 17.1 Å². The number of carbonyl (C=O) groups excluding carboxylic acids is 1. The number of pyridine rings is 1. The molecule has 1 aromatic carbocycles. The standard InChI is InChI=1S/C32H38ClN9O3/c1-20-28(32(44)42(39(20)2)26-9-5-4-7-23(26)33)31(43)36-21-11-15-41(16-12-21)30-29(34)35-19-25(38-30)24-8-6-10-27(37-24)40-17-13-22(45-3)14-18-40/h4-10,19,21-22H,11-18H2,1-3H3,(H2,34,35)(H,36,43). The van der Waals surface area contributed by atoms with E-state index in [0.29, 0.717) is 65.8 Å². The first-order chi connectivity index (χ1) is 21.7. The van der Waals surface area contributed by atoms with Crippen molar-refractivity contribution in [3.63, 3.8) is 0 Å². The summed E-state index contributed by atoms with van der Waals surface area (Å²) < 4.78 is 8.59. The van der Waals surface area contributed by atoms with Crippen molar-refractivity contribution in [3.05, 3.63) is 75.3 Å². The molecule has 13 heteroatoms. The number of halogens is 1. The maximum Gasteiger partial charge on any atom is 0.284 e. The first-order valence-electron chi connectivity index (χ1n) is 15.2. The highest BCUT2D eigenvalue weighted by molar-refractivity contribution is 6.32. The number of anilines is 3. The lowest BCUT2D eigenvalue weighted by molar-refractivity contribution is 0.0818. The molecule has 0 unspecified atom stereocenters. The Morgan fingerprint density at radius 3 is 2.40 bits per heavy atom. The highest BCUT2D eigenvalue weighted by atomic mass is 35.5. The van der Waals surface area contributed by atoms with Gasteiger partial charge in [-0.15, -0.1) is 0 Å². The minimum absolute atomic E-state index is 0.112. The van der Waals surface area contributed by atoms with Crippen LogP contribution in [0.4, 0.5) is 17.5 Å². The average Bonchev–Trinajstić information content (AvgIpc) is 3.28. The Morgan fingerprint density at radius 1 is 0.978 bits per heavy atom. The molecule has 2 aliphatic rings. The van der Waals surface area contributed by atoms with E-state index in [1.165, 1.54) is 4.68 Å². The second kappa shape index (κ2) is 12.9. The Morgan fingerprint density at radius 2 is 1.69 bits per heavy atom. The number of rotatable bonds is 7. The van der Waals surface area contributed by atoms with Gasteiger partial charge in [-0.2, -0.15) is 0 Å². The smallest absolute Gasteiger partial charge is 0.284 e. The van der Waals surface area contributed by atoms with E-state index in [-0.39, 0.29) is 11.6 Å². The molecule has 2 aliphatic heterocycles. The first-order valence-corrected chi connectivity index (χ1v) is 15.6. The molecule has 236 valence electrons. The summed E-state index contributed by atoms with van der Waals surface area (Å²) in [5.41, 5.74) is 8.47. The second-order valence-corrected chi connectivity index (χ2v) is 12.0. The number of nitrogens with zero attached hydrogens (tertiary/aromatic N) is 7. The Hall–Kier alpha value is -4.42. The van der Waals surface area contributed by atoms with Gasteiger partial charge in [0, 0.05) is 46.4 Å². The molecule has 3 aromatic heterocycles. The number of nitrogens with two attached hydrogens (primary N) is 1. The zero-order chi connectivity index (χ0) is 31.7. The third-order valence-corrected chi connectivity index (χ3v) is 9.19. The highest BCUT2D eigenvalue weighted by Crippen LogP contribution is 2.28. The van der Waals surface area contributed by atoms with Gasteiger partial charge in [0.25, 0.3) is 11.5 Å². The molecular weight excluding hydrogens is 594 g/mol. The number of carbonyl (C=O) groups is 1. The van der Waals surface area contributed by atoms with E-state index >= 15 is 0 Å². The molecule has 1 amide bonds. The summed E-state index contributed by atoms with van der Waals surface area (Å²) in [6, 6.07) is 12.9. The number of methoxy groups -OCH3 is 1. The minimum atomic E-state index is -0.407. The lowest BCUT2D eigenvalue weighted by atomic mass is 10.0. The van der Waals surface area contributed by atoms with Gasteiger partial charge in [-0.25, -0.2) is 19.6 Å². The van der Waals surface area contributed by atoms with Crippen LogP contribution >= 0.6 is 11.6 Å². The third kappa shape index (κ3) is 6.12. The van der Waals surface area contributed by atoms with E-state index in [1.54, 1.807) is 56.2 Å². The van der Waals surface area contributed by atoms with Crippen LogP contribution in [0.3, 0.4) is 0 Å². The molecule has 3 N–H and O–H groups in total. The van der Waals surface area contributed by atoms with Gasteiger partial charge in [0.05, 0.1) is 34.4 Å². The number of ether oxygens (including phenoxy) is 1. The van der Waals surface area contributed by atoms with Crippen molar-refractivity contribution in [3.8, 4) is 17.1 Å². The molecule has 0 atom stereocenters. The number of nitrogen functional groups attached to an aromatic ring is 1. The predicted octanol–water partition coefficient (Wildman–Crippen LogP) is 3.59. The van der Waals surface area contributed by atoms with Gasteiger partial charge in [0.2, 0.25) is 0 Å². The Bertz CT molecular complexity index is 1760. The van der Waals surface area contributed by atoms with Crippen LogP contribution in [0.25, 0.3) is 17.1 Å². The number of piperidine rings is 2. The van der Waals surface area contributed by atoms with E-state index in [2.05, 4.69) is 20.1 Å². The summed E-state index contributed by atoms with van der Waals surface area (Å²) in [6.07, 6.45) is 5.21. The summed E-state index contributed by atoms with van der Waals surface area (Å²) in [5.74, 6) is 1.47. The molecule has 0 saturated carbocycles. The van der Waals surface area contributed by atoms with Crippen LogP contribution in [0.5, 0.6) is 0 Å². The average molecular weight is 632 g/mol. The molecular formula is C32H38ClN9O3. The molecule has 0 radical (unpaired) electrons. The van der Waals surface area contributed by atoms with Crippen molar-refractivity contribution in [2.45, 2.75) is 44.8 Å². The van der Waals surface area contributed by atoms with Crippen LogP contribution in [0.2, 0.25) is 5.02 Å². The maximum absolute atomic E-state index is 13.4. The first kappa shape index (κ1) is 30.6. The number of aromatic nitrogens is 5. The van der Waals surface area contributed by atoms with Gasteiger partial charge >= 0.3 is 0 Å². The Kier molecular flexibility index (Phi) is 8.77. The van der Waals surface area contributed by atoms with Crippen molar-refractivity contribution in [1.82, 2.24) is 29.6 Å². The SMILES string of the molecule is COC1CCN(c2cccc(-c3cnc(N)c(N4CCC(NC(=O)c5c(C)n(C)n(-c6ccccc6Cl)c5=O)CC4)n3)n2)CC1. The molecule has 6 rings (SSSR count). The van der Waals surface area contributed by atoms with Gasteiger partial charge in [0.15, 0.2) is 11.6 Å². The van der Waals surface area contributed by atoms with E-state index < -0.39 is 11.5 Å². The fraction of sp³-hybridized carbons (Fsp3) is 0.406. The normalized spacial score (nSPS) is 16.3. The topological polar surface area (TPSA) is 136 Å². The molecule has 12 nitrogen and oxygen atoms in total. The maximum atomic E-state index is 13.4. The van der Waals surface area contributed by atoms with Crippen molar-refractivity contribution in [2.24, 2.45) is 7.05 Å². The van der Waals surface area contributed by atoms with Gasteiger partial charge < -0.3 is 25.6 Å². The number of benzene rings is 1. The van der Waals surface area contributed by atoms with Crippen LogP contribution in [0, 0.1) is 6.92 Å². The second-order valence-electron chi connectivity index (χ2n) is 11.6. The summed E-state index contributed by atoms with van der Waals surface area (Å²) in [7, 11) is 3.51. The van der Waals surface area contributed by atoms with Crippen molar-refractivity contribution in [1.29, 1.82) is 0 Å². The van der Waals surface area contributed by atoms with E-state index in [9.17, 15) is 9.59 Å². The molecule has 0 spiro atoms. The summed E-state index contributed by atoms with van der Waals surface area (Å²) >= 11 is 6.36. The van der Waals surface area contributed by atoms with Crippen molar-refractivity contribution >= 4 is 35.0 Å². The zero-order valence-electron chi connectivity index (χ0n) is 25.7. The lowest BCUT2D eigenvalue weighted by Gasteiger charge is -2.33. The van der Waals surface area contributed by atoms with Crippen LogP contribution in [0.15, 0.2) is 53.5 Å². The Labute approximate surface area is 266 Å². The number of para-hydroxylation sites is 1. The fourth-order valence-corrected chi connectivity index (χ4v) is 6.38. The number of hydrogen-bond donors (Lipinski definition) is 2. The van der Waals surface area contributed by atoms with E-state index in [1.807, 2.05) is 18.2 Å². The number of hydrogen-bond acceptors (Lipinski definition) is 9. The molecule has 0 bridgehead atoms. The summed E-state index contributed by atoms with van der Waals surface area (Å²) in [4.78, 5) is 45.3. The Balaban J connectivity index is 1.13. The molecule has 5 heterocycles. The molecule has 2 fully saturated rings. The van der Waals surface area contributed by atoms with Gasteiger partial charge in [-0.3, -0.25) is 14.3 Å². The molecule has 0 aliphatic carbocycles. The molecule has 2 saturated heterocycles. The number of nitrogens with one attached hydrogen (secondary N) is 1. The van der Waals surface area contributed by atoms with Crippen molar-refractivity contribution < 1.29 is 9.53 Å².